The van der Waals surface area contributed by atoms with E-state index in [-0.39, 0.29) is 23.4 Å². The minimum absolute atomic E-state index is 0.0975. The summed E-state index contributed by atoms with van der Waals surface area (Å²) in [5.41, 5.74) is -0.638. The lowest BCUT2D eigenvalue weighted by molar-refractivity contribution is -0.174. The molecule has 0 bridgehead atoms. The Morgan fingerprint density at radius 2 is 1.77 bits per heavy atom. The molecule has 2 aliphatic rings. The first-order valence-corrected chi connectivity index (χ1v) is 15.7. The number of ether oxygens (including phenoxy) is 3. The second-order valence-corrected chi connectivity index (χ2v) is 13.9. The fourth-order valence-electron chi connectivity index (χ4n) is 5.12. The quantitative estimate of drug-likeness (QED) is 0.153. The number of aliphatic carboxylic acids is 1. The summed E-state index contributed by atoms with van der Waals surface area (Å²) in [7, 11) is 0. The van der Waals surface area contributed by atoms with Gasteiger partial charge >= 0.3 is 18.0 Å². The van der Waals surface area contributed by atoms with Crippen molar-refractivity contribution in [1.29, 1.82) is 0 Å². The molecule has 0 spiro atoms. The lowest BCUT2D eigenvalue weighted by Gasteiger charge is -2.49. The average Bonchev–Trinajstić information content (AvgIpc) is 2.95. The molecule has 2 aromatic carbocycles. The van der Waals surface area contributed by atoms with Crippen LogP contribution in [0.4, 0.5) is 9.18 Å². The van der Waals surface area contributed by atoms with Gasteiger partial charge in [0.1, 0.15) is 17.6 Å². The summed E-state index contributed by atoms with van der Waals surface area (Å²) in [5, 5.41) is 11.8. The highest BCUT2D eigenvalue weighted by molar-refractivity contribution is 7.89. The summed E-state index contributed by atoms with van der Waals surface area (Å²) in [5.74, 6) is -1.82. The molecule has 4 rings (SSSR count). The van der Waals surface area contributed by atoms with E-state index < -0.39 is 52.7 Å². The molecule has 0 aromatic heterocycles. The molecule has 12 heteroatoms. The van der Waals surface area contributed by atoms with E-state index in [2.05, 4.69) is 5.32 Å². The van der Waals surface area contributed by atoms with E-state index in [1.807, 2.05) is 46.8 Å². The van der Waals surface area contributed by atoms with Gasteiger partial charge in [0.2, 0.25) is 6.29 Å². The van der Waals surface area contributed by atoms with Gasteiger partial charge in [-0.1, -0.05) is 36.4 Å². The topological polar surface area (TPSA) is 137 Å². The third-order valence-electron chi connectivity index (χ3n) is 7.51. The molecule has 2 N–H and O–H groups in total. The predicted molar refractivity (Wildman–Crippen MR) is 161 cm³/mol. The van der Waals surface area contributed by atoms with E-state index in [0.29, 0.717) is 31.7 Å². The van der Waals surface area contributed by atoms with Gasteiger partial charge < -0.3 is 29.2 Å². The third-order valence-corrected chi connectivity index (χ3v) is 9.14. The van der Waals surface area contributed by atoms with Gasteiger partial charge in [0, 0.05) is 24.7 Å². The molecule has 5 unspecified atom stereocenters. The van der Waals surface area contributed by atoms with Gasteiger partial charge in [-0.15, -0.1) is 4.31 Å². The van der Waals surface area contributed by atoms with Crippen LogP contribution in [0.15, 0.2) is 66.7 Å². The van der Waals surface area contributed by atoms with Crippen molar-refractivity contribution in [2.24, 2.45) is 11.3 Å². The van der Waals surface area contributed by atoms with E-state index in [0.717, 1.165) is 5.56 Å². The minimum atomic E-state index is -1.43. The highest BCUT2D eigenvalue weighted by Gasteiger charge is 2.53. The van der Waals surface area contributed by atoms with Gasteiger partial charge in [0.05, 0.1) is 18.5 Å². The maximum absolute atomic E-state index is 13.7. The Balaban J connectivity index is 1.34. The summed E-state index contributed by atoms with van der Waals surface area (Å²) < 4.78 is 45.4. The van der Waals surface area contributed by atoms with Crippen molar-refractivity contribution < 1.29 is 42.6 Å². The SMILES string of the molecule is CC(OC(=O)NC(CC1CC=CC([S+]([O-])N2CC(Oc3ccc(F)cc3)(c3ccccc3)C2)C1)C(=O)O)OC(=O)C(C)(C)C. The molecule has 1 aliphatic carbocycles. The highest BCUT2D eigenvalue weighted by atomic mass is 32.2. The van der Waals surface area contributed by atoms with Gasteiger partial charge in [0.15, 0.2) is 10.9 Å². The number of carboxylic acid groups (broad SMARTS) is 1. The number of carbonyl (C=O) groups excluding carboxylic acids is 2. The molecule has 44 heavy (non-hydrogen) atoms. The maximum atomic E-state index is 13.7. The van der Waals surface area contributed by atoms with Gasteiger partial charge in [-0.3, -0.25) is 4.79 Å². The second-order valence-electron chi connectivity index (χ2n) is 12.2. The molecule has 0 saturated carbocycles. The number of carboxylic acids is 1. The first kappa shape index (κ1) is 33.3. The zero-order chi connectivity index (χ0) is 32.1. The summed E-state index contributed by atoms with van der Waals surface area (Å²) in [4.78, 5) is 36.4. The summed E-state index contributed by atoms with van der Waals surface area (Å²) >= 11 is -1.43. The first-order chi connectivity index (χ1) is 20.8. The molecular weight excluding hydrogens is 591 g/mol. The Labute approximate surface area is 259 Å². The summed E-state index contributed by atoms with van der Waals surface area (Å²) in [6.07, 6.45) is 2.68. The monoisotopic (exact) mass is 630 g/mol. The lowest BCUT2D eigenvalue weighted by Crippen LogP contribution is -2.65. The molecule has 2 aromatic rings. The number of allylic oxidation sites excluding steroid dienone is 1. The highest BCUT2D eigenvalue weighted by Crippen LogP contribution is 2.41. The molecule has 1 saturated heterocycles. The molecule has 1 aliphatic heterocycles. The smallest absolute Gasteiger partial charge is 0.410 e. The minimum Gasteiger partial charge on any atom is -0.597 e. The third kappa shape index (κ3) is 8.52. The molecule has 238 valence electrons. The van der Waals surface area contributed by atoms with Crippen LogP contribution in [0.1, 0.15) is 52.5 Å². The number of rotatable bonds is 11. The van der Waals surface area contributed by atoms with Crippen LogP contribution in [0.5, 0.6) is 5.75 Å². The van der Waals surface area contributed by atoms with Gasteiger partial charge in [-0.25, -0.2) is 14.0 Å². The average molecular weight is 631 g/mol. The van der Waals surface area contributed by atoms with Crippen LogP contribution in [0.3, 0.4) is 0 Å². The van der Waals surface area contributed by atoms with Crippen LogP contribution in [-0.2, 0) is 36.0 Å². The number of benzene rings is 2. The van der Waals surface area contributed by atoms with E-state index in [1.54, 1.807) is 32.9 Å². The lowest BCUT2D eigenvalue weighted by atomic mass is 9.87. The number of carbonyl (C=O) groups is 3. The molecule has 10 nitrogen and oxygen atoms in total. The number of hydrogen-bond acceptors (Lipinski definition) is 8. The predicted octanol–water partition coefficient (Wildman–Crippen LogP) is 4.92. The largest absolute Gasteiger partial charge is 0.597 e. The van der Waals surface area contributed by atoms with E-state index in [1.165, 1.54) is 19.1 Å². The summed E-state index contributed by atoms with van der Waals surface area (Å²) in [6.45, 7) is 7.04. The van der Waals surface area contributed by atoms with E-state index >= 15 is 0 Å². The number of halogens is 1. The van der Waals surface area contributed by atoms with Crippen molar-refractivity contribution in [2.75, 3.05) is 13.1 Å². The Bertz CT molecular complexity index is 1330. The van der Waals surface area contributed by atoms with Crippen molar-refractivity contribution in [3.63, 3.8) is 0 Å². The van der Waals surface area contributed by atoms with Crippen LogP contribution in [0.25, 0.3) is 0 Å². The number of amides is 1. The first-order valence-electron chi connectivity index (χ1n) is 14.5. The van der Waals surface area contributed by atoms with Crippen LogP contribution in [0.2, 0.25) is 0 Å². The fourth-order valence-corrected chi connectivity index (χ4v) is 6.86. The fraction of sp³-hybridized carbons (Fsp3) is 0.469. The van der Waals surface area contributed by atoms with Gasteiger partial charge in [-0.05, 0) is 75.4 Å². The second kappa shape index (κ2) is 14.0. The Morgan fingerprint density at radius 3 is 2.39 bits per heavy atom. The van der Waals surface area contributed by atoms with Crippen LogP contribution in [-0.4, -0.2) is 62.7 Å². The summed E-state index contributed by atoms with van der Waals surface area (Å²) in [6, 6.07) is 14.1. The Kier molecular flexibility index (Phi) is 10.6. The normalized spacial score (nSPS) is 21.7. The number of hydrogen-bond donors (Lipinski definition) is 2. The van der Waals surface area contributed by atoms with Crippen LogP contribution < -0.4 is 10.1 Å². The van der Waals surface area contributed by atoms with Gasteiger partial charge in [0.25, 0.3) is 0 Å². The van der Waals surface area contributed by atoms with Crippen molar-refractivity contribution >= 4 is 29.4 Å². The molecule has 0 radical (unpaired) electrons. The van der Waals surface area contributed by atoms with Crippen LogP contribution >= 0.6 is 0 Å². The van der Waals surface area contributed by atoms with Crippen molar-refractivity contribution in [3.05, 3.63) is 78.1 Å². The zero-order valence-electron chi connectivity index (χ0n) is 25.2. The number of nitrogens with one attached hydrogen (secondary N) is 1. The van der Waals surface area contributed by atoms with E-state index in [4.69, 9.17) is 14.2 Å². The number of alkyl carbamates (subject to hydrolysis) is 1. The number of esters is 1. The van der Waals surface area contributed by atoms with E-state index in [9.17, 15) is 28.4 Å². The standard InChI is InChI=1S/C32H39FN2O8S/c1-21(41-29(38)31(2,3)4)42-30(39)34-27(28(36)37)18-22-9-8-12-26(17-22)44(40)35-19-32(20-35,23-10-6-5-7-11-23)43-25-15-13-24(33)14-16-25/h5-8,10-16,21-22,26-27H,9,17-20H2,1-4H3,(H,34,39)(H,36,37). The Morgan fingerprint density at radius 1 is 1.11 bits per heavy atom. The Hall–Kier alpha value is -3.61. The van der Waals surface area contributed by atoms with Gasteiger partial charge in [-0.2, -0.15) is 0 Å². The molecule has 1 fully saturated rings. The number of nitrogens with zero attached hydrogens (tertiary/aromatic N) is 1. The van der Waals surface area contributed by atoms with Crippen molar-refractivity contribution in [1.82, 2.24) is 9.62 Å². The molecular formula is C32H39FN2O8S. The molecule has 1 heterocycles. The van der Waals surface area contributed by atoms with Crippen molar-refractivity contribution in [2.45, 2.75) is 70.1 Å². The zero-order valence-corrected chi connectivity index (χ0v) is 26.1. The molecule has 5 atom stereocenters. The molecule has 1 amide bonds. The maximum Gasteiger partial charge on any atom is 0.410 e. The van der Waals surface area contributed by atoms with Crippen molar-refractivity contribution in [3.8, 4) is 5.75 Å². The van der Waals surface area contributed by atoms with Crippen LogP contribution in [0, 0.1) is 17.2 Å².